The van der Waals surface area contributed by atoms with Crippen molar-refractivity contribution in [2.24, 2.45) is 0 Å². The maximum atomic E-state index is 13.3. The van der Waals surface area contributed by atoms with Gasteiger partial charge in [-0.15, -0.1) is 0 Å². The van der Waals surface area contributed by atoms with Crippen LogP contribution in [-0.2, 0) is 6.54 Å². The van der Waals surface area contributed by atoms with Crippen molar-refractivity contribution in [3.05, 3.63) is 65.2 Å². The summed E-state index contributed by atoms with van der Waals surface area (Å²) in [6, 6.07) is 11.3. The number of rotatable bonds is 7. The van der Waals surface area contributed by atoms with E-state index in [0.29, 0.717) is 41.8 Å². The molecule has 0 bridgehead atoms. The summed E-state index contributed by atoms with van der Waals surface area (Å²) < 4.78 is 18.1. The summed E-state index contributed by atoms with van der Waals surface area (Å²) in [6.07, 6.45) is 3.54. The molecule has 1 amide bonds. The second-order valence-electron chi connectivity index (χ2n) is 6.42. The molecule has 0 aliphatic rings. The fraction of sp³-hybridized carbons (Fsp3) is 0.273. The van der Waals surface area contributed by atoms with Crippen LogP contribution >= 0.6 is 0 Å². The largest absolute Gasteiger partial charge is 0.493 e. The number of hydrogen-bond acceptors (Lipinski definition) is 5. The average Bonchev–Trinajstić information content (AvgIpc) is 3.38. The summed E-state index contributed by atoms with van der Waals surface area (Å²) in [6.45, 7) is 4.43. The number of aryl methyl sites for hydroxylation is 1. The molecular weight excluding hydrogens is 370 g/mol. The molecular formula is C22H23N3O4. The third-order valence-electron chi connectivity index (χ3n) is 4.72. The minimum Gasteiger partial charge on any atom is -0.493 e. The van der Waals surface area contributed by atoms with Gasteiger partial charge in [-0.1, -0.05) is 6.07 Å². The van der Waals surface area contributed by atoms with E-state index in [4.69, 9.17) is 13.9 Å². The van der Waals surface area contributed by atoms with Crippen molar-refractivity contribution < 1.29 is 18.7 Å². The number of amides is 1. The SMILES string of the molecule is CCN(Cc1ccc(OC)c(OC)c1)C(=O)c1c(C)oc(-n2cccc2)c1C#N. The van der Waals surface area contributed by atoms with Gasteiger partial charge < -0.3 is 18.8 Å². The topological polar surface area (TPSA) is 80.6 Å². The molecule has 0 radical (unpaired) electrons. The highest BCUT2D eigenvalue weighted by molar-refractivity contribution is 5.98. The Hall–Kier alpha value is -3.66. The lowest BCUT2D eigenvalue weighted by molar-refractivity contribution is 0.0750. The Balaban J connectivity index is 1.94. The summed E-state index contributed by atoms with van der Waals surface area (Å²) in [5.74, 6) is 1.74. The summed E-state index contributed by atoms with van der Waals surface area (Å²) in [7, 11) is 3.15. The zero-order chi connectivity index (χ0) is 21.0. The van der Waals surface area contributed by atoms with E-state index in [1.165, 1.54) is 0 Å². The second kappa shape index (κ2) is 8.57. The Morgan fingerprint density at radius 1 is 1.21 bits per heavy atom. The molecule has 150 valence electrons. The molecule has 29 heavy (non-hydrogen) atoms. The minimum atomic E-state index is -0.251. The molecule has 7 nitrogen and oxygen atoms in total. The fourth-order valence-electron chi connectivity index (χ4n) is 3.23. The molecule has 0 saturated heterocycles. The van der Waals surface area contributed by atoms with Gasteiger partial charge in [0, 0.05) is 25.5 Å². The zero-order valence-corrected chi connectivity index (χ0v) is 16.9. The molecule has 2 heterocycles. The monoisotopic (exact) mass is 393 g/mol. The van der Waals surface area contributed by atoms with Gasteiger partial charge in [-0.2, -0.15) is 5.26 Å². The van der Waals surface area contributed by atoms with Gasteiger partial charge >= 0.3 is 0 Å². The maximum absolute atomic E-state index is 13.3. The molecule has 7 heteroatoms. The number of carbonyl (C=O) groups excluding carboxylic acids is 1. The number of hydrogen-bond donors (Lipinski definition) is 0. The third-order valence-corrected chi connectivity index (χ3v) is 4.72. The minimum absolute atomic E-state index is 0.231. The van der Waals surface area contributed by atoms with E-state index in [9.17, 15) is 10.1 Å². The first-order valence-corrected chi connectivity index (χ1v) is 9.21. The van der Waals surface area contributed by atoms with Crippen molar-refractivity contribution in [1.29, 1.82) is 5.26 Å². The van der Waals surface area contributed by atoms with E-state index in [1.54, 1.807) is 49.1 Å². The number of methoxy groups -OCH3 is 2. The maximum Gasteiger partial charge on any atom is 0.259 e. The van der Waals surface area contributed by atoms with E-state index in [1.807, 2.05) is 31.2 Å². The highest BCUT2D eigenvalue weighted by Gasteiger charge is 2.27. The number of carbonyl (C=O) groups is 1. The predicted molar refractivity (Wildman–Crippen MR) is 107 cm³/mol. The number of nitrogens with zero attached hydrogens (tertiary/aromatic N) is 3. The average molecular weight is 393 g/mol. The molecule has 0 aliphatic carbocycles. The molecule has 3 rings (SSSR count). The highest BCUT2D eigenvalue weighted by atomic mass is 16.5. The van der Waals surface area contributed by atoms with Crippen LogP contribution in [0.25, 0.3) is 5.88 Å². The van der Waals surface area contributed by atoms with Crippen molar-refractivity contribution >= 4 is 5.91 Å². The van der Waals surface area contributed by atoms with Gasteiger partial charge in [-0.3, -0.25) is 9.36 Å². The van der Waals surface area contributed by atoms with Crippen LogP contribution in [0.15, 0.2) is 47.1 Å². The Morgan fingerprint density at radius 2 is 1.90 bits per heavy atom. The standard InChI is InChI=1S/C22H23N3O4/c1-5-24(14-16-8-9-18(27-3)19(12-16)28-4)21(26)20-15(2)29-22(17(20)13-23)25-10-6-7-11-25/h6-12H,5,14H2,1-4H3. The van der Waals surface area contributed by atoms with Gasteiger partial charge in [0.15, 0.2) is 11.5 Å². The Morgan fingerprint density at radius 3 is 2.48 bits per heavy atom. The molecule has 3 aromatic rings. The summed E-state index contributed by atoms with van der Waals surface area (Å²) in [5.41, 5.74) is 1.41. The highest BCUT2D eigenvalue weighted by Crippen LogP contribution is 2.30. The normalized spacial score (nSPS) is 10.4. The van der Waals surface area contributed by atoms with Crippen molar-refractivity contribution in [2.75, 3.05) is 20.8 Å². The summed E-state index contributed by atoms with van der Waals surface area (Å²) >= 11 is 0. The zero-order valence-electron chi connectivity index (χ0n) is 16.9. The number of nitriles is 1. The molecule has 1 aromatic carbocycles. The smallest absolute Gasteiger partial charge is 0.259 e. The van der Waals surface area contributed by atoms with Crippen LogP contribution in [0.2, 0.25) is 0 Å². The number of ether oxygens (including phenoxy) is 2. The van der Waals surface area contributed by atoms with Gasteiger partial charge in [0.05, 0.1) is 14.2 Å². The van der Waals surface area contributed by atoms with Crippen LogP contribution in [0.5, 0.6) is 11.5 Å². The van der Waals surface area contributed by atoms with Gasteiger partial charge in [0.2, 0.25) is 5.88 Å². The fourth-order valence-corrected chi connectivity index (χ4v) is 3.23. The van der Waals surface area contributed by atoms with Gasteiger partial charge in [0.1, 0.15) is 23.0 Å². The lowest BCUT2D eigenvalue weighted by atomic mass is 10.1. The van der Waals surface area contributed by atoms with Crippen molar-refractivity contribution in [3.63, 3.8) is 0 Å². The number of aromatic nitrogens is 1. The van der Waals surface area contributed by atoms with Gasteiger partial charge in [-0.25, -0.2) is 0 Å². The third kappa shape index (κ3) is 3.83. The molecule has 0 N–H and O–H groups in total. The Bertz CT molecular complexity index is 1040. The van der Waals surface area contributed by atoms with Crippen molar-refractivity contribution in [2.45, 2.75) is 20.4 Å². The first-order chi connectivity index (χ1) is 14.0. The van der Waals surface area contributed by atoms with Crippen LogP contribution < -0.4 is 9.47 Å². The van der Waals surface area contributed by atoms with E-state index in [2.05, 4.69) is 6.07 Å². The van der Waals surface area contributed by atoms with Crippen molar-refractivity contribution in [3.8, 4) is 23.5 Å². The Labute approximate surface area is 169 Å². The van der Waals surface area contributed by atoms with E-state index < -0.39 is 0 Å². The van der Waals surface area contributed by atoms with Crippen LogP contribution in [-0.4, -0.2) is 36.1 Å². The van der Waals surface area contributed by atoms with E-state index >= 15 is 0 Å². The molecule has 0 saturated carbocycles. The lowest BCUT2D eigenvalue weighted by Gasteiger charge is -2.21. The Kier molecular flexibility index (Phi) is 5.93. The molecule has 0 unspecified atom stereocenters. The first-order valence-electron chi connectivity index (χ1n) is 9.21. The van der Waals surface area contributed by atoms with Crippen LogP contribution in [0, 0.1) is 18.3 Å². The number of furan rings is 1. The summed E-state index contributed by atoms with van der Waals surface area (Å²) in [5, 5.41) is 9.71. The molecule has 0 atom stereocenters. The summed E-state index contributed by atoms with van der Waals surface area (Å²) in [4.78, 5) is 15.0. The van der Waals surface area contributed by atoms with Crippen LogP contribution in [0.4, 0.5) is 0 Å². The molecule has 2 aromatic heterocycles. The number of benzene rings is 1. The van der Waals surface area contributed by atoms with Crippen LogP contribution in [0.1, 0.15) is 34.2 Å². The molecule has 0 spiro atoms. The first kappa shape index (κ1) is 20.1. The predicted octanol–water partition coefficient (Wildman–Crippen LogP) is 3.93. The van der Waals surface area contributed by atoms with Gasteiger partial charge in [0.25, 0.3) is 5.91 Å². The van der Waals surface area contributed by atoms with Crippen LogP contribution in [0.3, 0.4) is 0 Å². The van der Waals surface area contributed by atoms with Gasteiger partial charge in [-0.05, 0) is 43.7 Å². The molecule has 0 aliphatic heterocycles. The van der Waals surface area contributed by atoms with E-state index in [-0.39, 0.29) is 11.5 Å². The van der Waals surface area contributed by atoms with Crippen molar-refractivity contribution in [1.82, 2.24) is 9.47 Å². The quantitative estimate of drug-likeness (QED) is 0.608. The van der Waals surface area contributed by atoms with E-state index in [0.717, 1.165) is 5.56 Å². The lowest BCUT2D eigenvalue weighted by Crippen LogP contribution is -2.31. The second-order valence-corrected chi connectivity index (χ2v) is 6.42. The molecule has 0 fully saturated rings.